The fourth-order valence-corrected chi connectivity index (χ4v) is 2.07. The number of ether oxygens (including phenoxy) is 1. The van der Waals surface area contributed by atoms with Crippen molar-refractivity contribution in [1.29, 1.82) is 0 Å². The van der Waals surface area contributed by atoms with Gasteiger partial charge in [-0.3, -0.25) is 9.67 Å². The molecule has 0 aliphatic heterocycles. The highest BCUT2D eigenvalue weighted by molar-refractivity contribution is 14.0. The summed E-state index contributed by atoms with van der Waals surface area (Å²) in [4.78, 5) is 4.65. The van der Waals surface area contributed by atoms with Crippen LogP contribution in [0.4, 0.5) is 0 Å². The maximum absolute atomic E-state index is 5.58. The molecule has 0 saturated carbocycles. The van der Waals surface area contributed by atoms with Gasteiger partial charge in [-0.15, -0.1) is 24.0 Å². The molecule has 1 atom stereocenters. The quantitative estimate of drug-likeness (QED) is 0.235. The molecule has 0 aromatic carbocycles. The molecule has 1 rings (SSSR count). The molecule has 6 nitrogen and oxygen atoms in total. The maximum atomic E-state index is 5.58. The zero-order valence-corrected chi connectivity index (χ0v) is 17.8. The molecule has 0 radical (unpaired) electrons. The van der Waals surface area contributed by atoms with E-state index in [1.54, 1.807) is 0 Å². The molecule has 0 amide bonds. The van der Waals surface area contributed by atoms with Crippen LogP contribution in [0.1, 0.15) is 34.1 Å². The first-order valence-corrected chi connectivity index (χ1v) is 8.69. The lowest BCUT2D eigenvalue weighted by molar-refractivity contribution is 0.108. The summed E-state index contributed by atoms with van der Waals surface area (Å²) in [5, 5.41) is 10.9. The molecular weight excluding hydrogens is 417 g/mol. The topological polar surface area (TPSA) is 63.5 Å². The number of aliphatic imine (C=N–C) groups is 1. The van der Waals surface area contributed by atoms with E-state index in [-0.39, 0.29) is 24.0 Å². The van der Waals surface area contributed by atoms with Gasteiger partial charge in [0.2, 0.25) is 0 Å². The average Bonchev–Trinajstić information content (AvgIpc) is 3.00. The van der Waals surface area contributed by atoms with Crippen molar-refractivity contribution in [3.63, 3.8) is 0 Å². The van der Waals surface area contributed by atoms with E-state index >= 15 is 0 Å². The molecule has 7 heteroatoms. The SMILES string of the molecule is CCNC(=NCC(C)Cn1cccn1)NCCCOCC(C)C.I. The number of guanidine groups is 1. The molecule has 0 bridgehead atoms. The lowest BCUT2D eigenvalue weighted by Crippen LogP contribution is -2.38. The van der Waals surface area contributed by atoms with E-state index in [2.05, 4.69) is 48.4 Å². The summed E-state index contributed by atoms with van der Waals surface area (Å²) in [6.07, 6.45) is 4.78. The molecule has 1 unspecified atom stereocenters. The minimum absolute atomic E-state index is 0. The maximum Gasteiger partial charge on any atom is 0.191 e. The Bertz CT molecular complexity index is 423. The summed E-state index contributed by atoms with van der Waals surface area (Å²) in [6.45, 7) is 13.6. The van der Waals surface area contributed by atoms with E-state index in [0.29, 0.717) is 11.8 Å². The van der Waals surface area contributed by atoms with Crippen molar-refractivity contribution in [1.82, 2.24) is 20.4 Å². The molecule has 1 aromatic rings. The highest BCUT2D eigenvalue weighted by atomic mass is 127. The van der Waals surface area contributed by atoms with Crippen molar-refractivity contribution in [2.45, 2.75) is 40.7 Å². The molecule has 1 aromatic heterocycles. The van der Waals surface area contributed by atoms with E-state index in [0.717, 1.165) is 51.8 Å². The summed E-state index contributed by atoms with van der Waals surface area (Å²) in [6, 6.07) is 1.95. The van der Waals surface area contributed by atoms with Gasteiger partial charge in [-0.05, 0) is 31.2 Å². The van der Waals surface area contributed by atoms with Crippen LogP contribution < -0.4 is 10.6 Å². The second kappa shape index (κ2) is 14.5. The Hall–Kier alpha value is -0.830. The summed E-state index contributed by atoms with van der Waals surface area (Å²) in [5.41, 5.74) is 0. The van der Waals surface area contributed by atoms with Gasteiger partial charge < -0.3 is 15.4 Å². The molecule has 0 saturated heterocycles. The Labute approximate surface area is 163 Å². The third-order valence-electron chi connectivity index (χ3n) is 3.17. The number of hydrogen-bond donors (Lipinski definition) is 2. The minimum atomic E-state index is 0. The molecule has 24 heavy (non-hydrogen) atoms. The van der Waals surface area contributed by atoms with Crippen LogP contribution in [0.25, 0.3) is 0 Å². The molecule has 2 N–H and O–H groups in total. The second-order valence-corrected chi connectivity index (χ2v) is 6.30. The van der Waals surface area contributed by atoms with Crippen LogP contribution in [0.5, 0.6) is 0 Å². The Morgan fingerprint density at radius 2 is 2.08 bits per heavy atom. The molecule has 0 spiro atoms. The monoisotopic (exact) mass is 451 g/mol. The molecule has 0 aliphatic rings. The van der Waals surface area contributed by atoms with Crippen LogP contribution in [0.2, 0.25) is 0 Å². The number of aromatic nitrogens is 2. The Morgan fingerprint density at radius 3 is 2.71 bits per heavy atom. The smallest absolute Gasteiger partial charge is 0.191 e. The predicted octanol–water partition coefficient (Wildman–Crippen LogP) is 2.76. The second-order valence-electron chi connectivity index (χ2n) is 6.30. The zero-order valence-electron chi connectivity index (χ0n) is 15.5. The summed E-state index contributed by atoms with van der Waals surface area (Å²) in [5.74, 6) is 1.92. The summed E-state index contributed by atoms with van der Waals surface area (Å²) < 4.78 is 7.53. The molecular formula is C17H34IN5O. The van der Waals surface area contributed by atoms with Crippen LogP contribution in [-0.4, -0.2) is 48.6 Å². The normalized spacial score (nSPS) is 12.8. The first-order valence-electron chi connectivity index (χ1n) is 8.69. The minimum Gasteiger partial charge on any atom is -0.381 e. The third kappa shape index (κ3) is 11.7. The third-order valence-corrected chi connectivity index (χ3v) is 3.17. The van der Waals surface area contributed by atoms with Crippen LogP contribution in [-0.2, 0) is 11.3 Å². The number of hydrogen-bond acceptors (Lipinski definition) is 3. The lowest BCUT2D eigenvalue weighted by Gasteiger charge is -2.14. The first kappa shape index (κ1) is 23.2. The van der Waals surface area contributed by atoms with Crippen LogP contribution in [0.15, 0.2) is 23.5 Å². The van der Waals surface area contributed by atoms with Crippen molar-refractivity contribution in [2.75, 3.05) is 32.8 Å². The fourth-order valence-electron chi connectivity index (χ4n) is 2.07. The molecule has 0 fully saturated rings. The van der Waals surface area contributed by atoms with Crippen molar-refractivity contribution in [3.05, 3.63) is 18.5 Å². The van der Waals surface area contributed by atoms with Gasteiger partial charge in [0.05, 0.1) is 0 Å². The van der Waals surface area contributed by atoms with Gasteiger partial charge in [-0.25, -0.2) is 0 Å². The molecule has 1 heterocycles. The van der Waals surface area contributed by atoms with Crippen molar-refractivity contribution >= 4 is 29.9 Å². The van der Waals surface area contributed by atoms with Gasteiger partial charge in [0.15, 0.2) is 5.96 Å². The highest BCUT2D eigenvalue weighted by Crippen LogP contribution is 2.00. The van der Waals surface area contributed by atoms with Gasteiger partial charge in [-0.2, -0.15) is 5.10 Å². The number of halogens is 1. The summed E-state index contributed by atoms with van der Waals surface area (Å²) in [7, 11) is 0. The van der Waals surface area contributed by atoms with Gasteiger partial charge in [0.25, 0.3) is 0 Å². The van der Waals surface area contributed by atoms with E-state index in [9.17, 15) is 0 Å². The zero-order chi connectivity index (χ0) is 16.9. The van der Waals surface area contributed by atoms with Gasteiger partial charge in [0.1, 0.15) is 0 Å². The van der Waals surface area contributed by atoms with Crippen LogP contribution in [0, 0.1) is 11.8 Å². The fraction of sp³-hybridized carbons (Fsp3) is 0.765. The Balaban J connectivity index is 0.00000529. The number of nitrogens with one attached hydrogen (secondary N) is 2. The Morgan fingerprint density at radius 1 is 1.29 bits per heavy atom. The van der Waals surface area contributed by atoms with E-state index in [1.165, 1.54) is 0 Å². The van der Waals surface area contributed by atoms with Gasteiger partial charge in [-0.1, -0.05) is 20.8 Å². The van der Waals surface area contributed by atoms with Gasteiger partial charge in [0, 0.05) is 51.8 Å². The van der Waals surface area contributed by atoms with E-state index < -0.39 is 0 Å². The number of rotatable bonds is 11. The van der Waals surface area contributed by atoms with Crippen molar-refractivity contribution in [2.24, 2.45) is 16.8 Å². The average molecular weight is 451 g/mol. The largest absolute Gasteiger partial charge is 0.381 e. The van der Waals surface area contributed by atoms with E-state index in [1.807, 2.05) is 23.1 Å². The molecule has 0 aliphatic carbocycles. The lowest BCUT2D eigenvalue weighted by atomic mass is 10.2. The number of nitrogens with zero attached hydrogens (tertiary/aromatic N) is 3. The van der Waals surface area contributed by atoms with Gasteiger partial charge >= 0.3 is 0 Å². The van der Waals surface area contributed by atoms with Crippen LogP contribution >= 0.6 is 24.0 Å². The highest BCUT2D eigenvalue weighted by Gasteiger charge is 2.04. The molecule has 140 valence electrons. The summed E-state index contributed by atoms with van der Waals surface area (Å²) >= 11 is 0. The van der Waals surface area contributed by atoms with E-state index in [4.69, 9.17) is 4.74 Å². The predicted molar refractivity (Wildman–Crippen MR) is 111 cm³/mol. The van der Waals surface area contributed by atoms with Crippen LogP contribution in [0.3, 0.4) is 0 Å². The first-order chi connectivity index (χ1) is 11.1. The Kier molecular flexibility index (Phi) is 14.0. The standard InChI is InChI=1S/C17H33N5O.HI/c1-5-18-17(19-8-7-11-23-14-15(2)3)20-12-16(4)13-22-10-6-9-21-22;/h6,9-10,15-16H,5,7-8,11-14H2,1-4H3,(H2,18,19,20);1H. The van der Waals surface area contributed by atoms with Crippen molar-refractivity contribution < 1.29 is 4.74 Å². The van der Waals surface area contributed by atoms with Crippen molar-refractivity contribution in [3.8, 4) is 0 Å².